The number of ether oxygens (including phenoxy) is 3. The molecule has 0 spiro atoms. The summed E-state index contributed by atoms with van der Waals surface area (Å²) in [5.74, 6) is -4.44. The molecular weight excluding hydrogens is 1060 g/mol. The molecule has 4 unspecified atom stereocenters. The maximum atomic E-state index is 14.8. The quantitative estimate of drug-likeness (QED) is 0.0395. The van der Waals surface area contributed by atoms with Crippen molar-refractivity contribution in [2.45, 2.75) is 170 Å². The van der Waals surface area contributed by atoms with Crippen molar-refractivity contribution in [2.24, 2.45) is 29.6 Å². The smallest absolute Gasteiger partial charge is 0.306 e. The SMILES string of the molecule is CCCO[C@H](C[C@H](C(C)C)N(CCC)C(=O)[C@@H](CC(=O)C(C)(C)N(C)C)C(C)CC)c1nc(C(=O)N[C@@H](Cc2ccc(NC(=O)C(C)NC(=O)C(CCCCNC(=O)COCCOC)CC(=O)CSC)cc2)CC(C)C(=O)O)cs1. The van der Waals surface area contributed by atoms with Crippen LogP contribution in [-0.4, -0.2) is 163 Å². The molecule has 0 aliphatic heterocycles. The summed E-state index contributed by atoms with van der Waals surface area (Å²) in [6.45, 7) is 21.1. The van der Waals surface area contributed by atoms with Gasteiger partial charge in [-0.05, 0) is 109 Å². The summed E-state index contributed by atoms with van der Waals surface area (Å²) < 4.78 is 16.6. The third-order valence-electron chi connectivity index (χ3n) is 14.7. The molecule has 80 heavy (non-hydrogen) atoms. The summed E-state index contributed by atoms with van der Waals surface area (Å²) >= 11 is 2.67. The number of benzene rings is 1. The summed E-state index contributed by atoms with van der Waals surface area (Å²) in [5, 5.41) is 23.6. The van der Waals surface area contributed by atoms with Crippen LogP contribution in [0.15, 0.2) is 29.6 Å². The van der Waals surface area contributed by atoms with Crippen molar-refractivity contribution >= 4 is 75.9 Å². The molecule has 1 aromatic carbocycles. The highest BCUT2D eigenvalue weighted by Gasteiger charge is 2.40. The van der Waals surface area contributed by atoms with E-state index in [0.717, 1.165) is 24.8 Å². The molecule has 0 fully saturated rings. The number of likely N-dealkylation sites (N-methyl/N-ethyl adjacent to an activating group) is 1. The minimum absolute atomic E-state index is 0.0140. The number of ketones is 2. The first-order valence-corrected chi connectivity index (χ1v) is 30.8. The Morgan fingerprint density at radius 1 is 0.863 bits per heavy atom. The van der Waals surface area contributed by atoms with Gasteiger partial charge in [-0.3, -0.25) is 43.3 Å². The molecule has 5 amide bonds. The van der Waals surface area contributed by atoms with Crippen LogP contribution in [0.5, 0.6) is 0 Å². The highest BCUT2D eigenvalue weighted by atomic mass is 32.2. The third kappa shape index (κ3) is 24.7. The summed E-state index contributed by atoms with van der Waals surface area (Å²) in [4.78, 5) is 115. The number of carboxylic acid groups (broad SMARTS) is 1. The van der Waals surface area contributed by atoms with Gasteiger partial charge in [-0.1, -0.05) is 73.4 Å². The van der Waals surface area contributed by atoms with E-state index in [9.17, 15) is 43.5 Å². The number of aliphatic carboxylic acids is 1. The van der Waals surface area contributed by atoms with Crippen LogP contribution in [-0.2, 0) is 54.2 Å². The van der Waals surface area contributed by atoms with Gasteiger partial charge in [0, 0.05) is 81.1 Å². The number of carbonyl (C=O) groups is 8. The molecule has 21 heteroatoms. The lowest BCUT2D eigenvalue weighted by atomic mass is 9.81. The van der Waals surface area contributed by atoms with Gasteiger partial charge in [0.25, 0.3) is 5.91 Å². The summed E-state index contributed by atoms with van der Waals surface area (Å²) in [6.07, 6.45) is 5.96. The van der Waals surface area contributed by atoms with Gasteiger partial charge in [-0.25, -0.2) is 4.98 Å². The number of rotatable bonds is 42. The number of aromatic nitrogens is 1. The van der Waals surface area contributed by atoms with Crippen LogP contribution in [0.2, 0.25) is 0 Å². The van der Waals surface area contributed by atoms with Crippen molar-refractivity contribution in [2.75, 3.05) is 78.0 Å². The van der Waals surface area contributed by atoms with Crippen molar-refractivity contribution in [1.29, 1.82) is 0 Å². The zero-order chi connectivity index (χ0) is 60.1. The number of carboxylic acids is 1. The Labute approximate surface area is 485 Å². The van der Waals surface area contributed by atoms with Gasteiger partial charge in [-0.15, -0.1) is 11.3 Å². The number of hydrogen-bond donors (Lipinski definition) is 5. The first-order chi connectivity index (χ1) is 37.8. The first kappa shape index (κ1) is 71.3. The Morgan fingerprint density at radius 3 is 2.14 bits per heavy atom. The molecule has 8 atom stereocenters. The lowest BCUT2D eigenvalue weighted by molar-refractivity contribution is -0.145. The van der Waals surface area contributed by atoms with Gasteiger partial charge in [0.1, 0.15) is 35.2 Å². The van der Waals surface area contributed by atoms with Crippen LogP contribution in [0.25, 0.3) is 0 Å². The fraction of sp³-hybridized carbons (Fsp3) is 0.712. The summed E-state index contributed by atoms with van der Waals surface area (Å²) in [6, 6.07) is 5.10. The minimum atomic E-state index is -1.01. The van der Waals surface area contributed by atoms with Crippen LogP contribution < -0.4 is 21.3 Å². The van der Waals surface area contributed by atoms with Crippen molar-refractivity contribution in [1.82, 2.24) is 30.7 Å². The largest absolute Gasteiger partial charge is 0.481 e. The van der Waals surface area contributed by atoms with E-state index in [1.54, 1.807) is 50.6 Å². The van der Waals surface area contributed by atoms with Crippen molar-refractivity contribution in [3.05, 3.63) is 45.9 Å². The highest BCUT2D eigenvalue weighted by molar-refractivity contribution is 7.99. The molecule has 19 nitrogen and oxygen atoms in total. The molecule has 452 valence electrons. The normalized spacial score (nSPS) is 14.8. The molecule has 1 heterocycles. The Hall–Kier alpha value is -4.80. The lowest BCUT2D eigenvalue weighted by Crippen LogP contribution is -2.51. The minimum Gasteiger partial charge on any atom is -0.481 e. The van der Waals surface area contributed by atoms with E-state index in [0.29, 0.717) is 69.3 Å². The summed E-state index contributed by atoms with van der Waals surface area (Å²) in [5.41, 5.74) is 0.626. The molecule has 0 aliphatic rings. The molecule has 0 aliphatic carbocycles. The predicted molar refractivity (Wildman–Crippen MR) is 317 cm³/mol. The number of Topliss-reactive ketones (excluding diaryl/α,β-unsaturated/α-hetero) is 2. The monoisotopic (exact) mass is 1160 g/mol. The maximum Gasteiger partial charge on any atom is 0.306 e. The van der Waals surface area contributed by atoms with Crippen molar-refractivity contribution in [3.63, 3.8) is 0 Å². The fourth-order valence-corrected chi connectivity index (χ4v) is 10.3. The van der Waals surface area contributed by atoms with E-state index in [2.05, 4.69) is 35.1 Å². The van der Waals surface area contributed by atoms with Crippen LogP contribution in [0, 0.1) is 29.6 Å². The second kappa shape index (κ2) is 37.3. The molecule has 0 saturated heterocycles. The van der Waals surface area contributed by atoms with Gasteiger partial charge in [0.2, 0.25) is 23.6 Å². The lowest BCUT2D eigenvalue weighted by Gasteiger charge is -2.40. The van der Waals surface area contributed by atoms with E-state index in [1.165, 1.54) is 23.1 Å². The third-order valence-corrected chi connectivity index (χ3v) is 16.3. The molecule has 0 bridgehead atoms. The Kier molecular flexibility index (Phi) is 33.3. The van der Waals surface area contributed by atoms with Crippen LogP contribution in [0.4, 0.5) is 5.69 Å². The van der Waals surface area contributed by atoms with Gasteiger partial charge in [-0.2, -0.15) is 11.8 Å². The van der Waals surface area contributed by atoms with E-state index in [4.69, 9.17) is 19.2 Å². The number of nitrogens with one attached hydrogen (secondary N) is 4. The molecule has 1 aromatic heterocycles. The summed E-state index contributed by atoms with van der Waals surface area (Å²) in [7, 11) is 5.29. The van der Waals surface area contributed by atoms with Gasteiger partial charge < -0.3 is 45.5 Å². The molecule has 2 aromatic rings. The number of hydrogen-bond acceptors (Lipinski definition) is 15. The predicted octanol–water partition coefficient (Wildman–Crippen LogP) is 8.01. The highest BCUT2D eigenvalue weighted by Crippen LogP contribution is 2.34. The van der Waals surface area contributed by atoms with Crippen LogP contribution in [0.1, 0.15) is 161 Å². The number of anilines is 1. The number of thiazole rings is 1. The zero-order valence-electron chi connectivity index (χ0n) is 50.4. The molecule has 0 saturated carbocycles. The number of amides is 5. The van der Waals surface area contributed by atoms with Crippen molar-refractivity contribution in [3.8, 4) is 0 Å². The van der Waals surface area contributed by atoms with E-state index in [1.807, 2.05) is 71.7 Å². The first-order valence-electron chi connectivity index (χ1n) is 28.5. The Balaban J connectivity index is 2.25. The van der Waals surface area contributed by atoms with Crippen LogP contribution >= 0.6 is 23.1 Å². The Morgan fingerprint density at radius 2 is 1.55 bits per heavy atom. The maximum absolute atomic E-state index is 14.8. The number of thioether (sulfide) groups is 1. The number of nitrogens with zero attached hydrogens (tertiary/aromatic N) is 3. The number of unbranched alkanes of at least 4 members (excludes halogenated alkanes) is 1. The second-order valence-corrected chi connectivity index (χ2v) is 23.9. The van der Waals surface area contributed by atoms with Crippen molar-refractivity contribution < 1.29 is 57.7 Å². The van der Waals surface area contributed by atoms with Crippen LogP contribution in [0.3, 0.4) is 0 Å². The molecule has 5 N–H and O–H groups in total. The van der Waals surface area contributed by atoms with E-state index >= 15 is 0 Å². The molecule has 2 rings (SSSR count). The van der Waals surface area contributed by atoms with E-state index < -0.39 is 65.2 Å². The average molecular weight is 1160 g/mol. The number of methoxy groups -OCH3 is 1. The van der Waals surface area contributed by atoms with Gasteiger partial charge >= 0.3 is 5.97 Å². The molecular formula is C59H97N7O12S2. The molecule has 0 radical (unpaired) electrons. The standard InChI is InChI=1S/C59H97N7O12S2/c1-15-26-66(57(73)47(39(6)17-3)33-51(68)59(9,10)65(11)12)49(38(4)5)34-50(78-27-16-2)56-64-48(37-80-56)55(72)63-45(30-40(7)58(74)75)31-42-21-23-44(24-22-42)62-53(70)41(8)61-54(71)43(32-46(67)36-79-14)20-18-19-25-60-52(69)35-77-29-28-76-13/h21-24,37-41,43,45,47,49-50H,15-20,25-36H2,1-14H3,(H,60,69)(H,61,71)(H,62,70)(H,63,72)(H,74,75)/t39?,40?,41?,43?,45-,47+,49-,50-/m1/s1. The topological polar surface area (TPSA) is 252 Å². The van der Waals surface area contributed by atoms with E-state index in [-0.39, 0.29) is 85.0 Å². The van der Waals surface area contributed by atoms with Gasteiger partial charge in [0.15, 0.2) is 5.78 Å². The zero-order valence-corrected chi connectivity index (χ0v) is 52.0. The fourth-order valence-electron chi connectivity index (χ4n) is 8.99. The van der Waals surface area contributed by atoms with Gasteiger partial charge in [0.05, 0.1) is 30.4 Å². The number of carbonyl (C=O) groups excluding carboxylic acids is 7. The second-order valence-electron chi connectivity index (χ2n) is 22.1. The average Bonchev–Trinajstić information content (AvgIpc) is 3.91. The Bertz CT molecular complexity index is 2240.